The van der Waals surface area contributed by atoms with Gasteiger partial charge in [-0.05, 0) is 65.1 Å². The number of aromatic nitrogens is 5. The number of hydrogen-bond acceptors (Lipinski definition) is 4. The minimum Gasteiger partial charge on any atom is -0.361 e. The minimum atomic E-state index is -0.136. The fourth-order valence-electron chi connectivity index (χ4n) is 6.68. The van der Waals surface area contributed by atoms with Gasteiger partial charge in [-0.15, -0.1) is 10.2 Å². The van der Waals surface area contributed by atoms with Crippen LogP contribution in [0.25, 0.3) is 33.2 Å². The summed E-state index contributed by atoms with van der Waals surface area (Å²) in [5.41, 5.74) is 8.23. The molecule has 51 heavy (non-hydrogen) atoms. The van der Waals surface area contributed by atoms with Crippen LogP contribution in [-0.4, -0.2) is 36.4 Å². The highest BCUT2D eigenvalue weighted by Gasteiger charge is 2.24. The third-order valence-corrected chi connectivity index (χ3v) is 10.6. The molecule has 252 valence electrons. The maximum atomic E-state index is 13.6. The van der Waals surface area contributed by atoms with Crippen LogP contribution in [0.1, 0.15) is 28.2 Å². The molecule has 0 unspecified atom stereocenters. The van der Waals surface area contributed by atoms with Crippen LogP contribution in [0.5, 0.6) is 0 Å². The number of thioether (sulfide) groups is 1. The molecule has 0 aliphatic heterocycles. The fraction of sp³-hybridized carbons (Fsp3) is 0.0976. The van der Waals surface area contributed by atoms with Crippen molar-refractivity contribution in [1.82, 2.24) is 24.7 Å². The summed E-state index contributed by atoms with van der Waals surface area (Å²) in [5.74, 6) is 0.640. The lowest BCUT2D eigenvalue weighted by atomic mass is 9.85. The van der Waals surface area contributed by atoms with Crippen LogP contribution in [0, 0.1) is 0 Å². The average molecular weight is 728 g/mol. The van der Waals surface area contributed by atoms with E-state index in [0.717, 1.165) is 33.4 Å². The Hall–Kier alpha value is -5.28. The van der Waals surface area contributed by atoms with Crippen molar-refractivity contribution in [3.05, 3.63) is 166 Å². The SMILES string of the molecule is O=C(CSc1nnc(-c2ccc(Cl)cc2Cl)n1Cc1ccccc1)Nc1ccccc1CC(c1c[nH]c2ccccc12)c1c[nH]c2ccccc12. The summed E-state index contributed by atoms with van der Waals surface area (Å²) in [4.78, 5) is 20.6. The van der Waals surface area contributed by atoms with Gasteiger partial charge in [-0.3, -0.25) is 9.36 Å². The average Bonchev–Trinajstić information content (AvgIpc) is 3.88. The zero-order valence-electron chi connectivity index (χ0n) is 27.3. The lowest BCUT2D eigenvalue weighted by molar-refractivity contribution is -0.113. The molecule has 0 aliphatic rings. The third kappa shape index (κ3) is 6.90. The number of para-hydroxylation sites is 3. The predicted octanol–water partition coefficient (Wildman–Crippen LogP) is 10.4. The van der Waals surface area contributed by atoms with Crippen molar-refractivity contribution in [3.8, 4) is 11.4 Å². The summed E-state index contributed by atoms with van der Waals surface area (Å²) in [6, 6.07) is 40.2. The van der Waals surface area contributed by atoms with Crippen LogP contribution >= 0.6 is 35.0 Å². The number of halogens is 2. The van der Waals surface area contributed by atoms with E-state index in [9.17, 15) is 4.79 Å². The number of nitrogens with one attached hydrogen (secondary N) is 3. The van der Waals surface area contributed by atoms with Gasteiger partial charge in [-0.1, -0.05) is 120 Å². The highest BCUT2D eigenvalue weighted by Crippen LogP contribution is 2.38. The van der Waals surface area contributed by atoms with Gasteiger partial charge >= 0.3 is 0 Å². The molecule has 1 amide bonds. The smallest absolute Gasteiger partial charge is 0.234 e. The number of fused-ring (bicyclic) bond motifs is 2. The molecule has 8 rings (SSSR count). The summed E-state index contributed by atoms with van der Waals surface area (Å²) in [7, 11) is 0. The summed E-state index contributed by atoms with van der Waals surface area (Å²) >= 11 is 14.1. The number of hydrogen-bond donors (Lipinski definition) is 3. The number of anilines is 1. The van der Waals surface area contributed by atoms with Crippen molar-refractivity contribution in [3.63, 3.8) is 0 Å². The van der Waals surface area contributed by atoms with Gasteiger partial charge in [0.2, 0.25) is 5.91 Å². The van der Waals surface area contributed by atoms with Crippen LogP contribution in [0.2, 0.25) is 10.0 Å². The quantitative estimate of drug-likeness (QED) is 0.116. The summed E-state index contributed by atoms with van der Waals surface area (Å²) in [6.07, 6.45) is 4.92. The molecular formula is C41H32Cl2N6OS. The molecule has 0 aliphatic carbocycles. The standard InChI is InChI=1S/C41H32Cl2N6OS/c42-28-18-19-31(35(43)21-28)40-47-48-41(49(40)24-26-10-2-1-3-11-26)51-25-39(50)46-36-15-7-4-12-27(36)20-32(33-22-44-37-16-8-5-13-29(33)37)34-23-45-38-17-9-6-14-30(34)38/h1-19,21-23,32,44-45H,20,24-25H2,(H,46,50). The Morgan fingerprint density at radius 1 is 0.765 bits per heavy atom. The molecule has 3 N–H and O–H groups in total. The van der Waals surface area contributed by atoms with Gasteiger partial charge in [0.25, 0.3) is 0 Å². The van der Waals surface area contributed by atoms with E-state index in [-0.39, 0.29) is 17.6 Å². The lowest BCUT2D eigenvalue weighted by Crippen LogP contribution is -2.17. The predicted molar refractivity (Wildman–Crippen MR) is 209 cm³/mol. The summed E-state index contributed by atoms with van der Waals surface area (Å²) in [5, 5.41) is 16.2. The Morgan fingerprint density at radius 3 is 2.12 bits per heavy atom. The normalized spacial score (nSPS) is 11.5. The van der Waals surface area contributed by atoms with Crippen LogP contribution in [-0.2, 0) is 17.8 Å². The van der Waals surface area contributed by atoms with E-state index >= 15 is 0 Å². The first-order valence-electron chi connectivity index (χ1n) is 16.6. The van der Waals surface area contributed by atoms with E-state index < -0.39 is 0 Å². The van der Waals surface area contributed by atoms with Gasteiger partial charge in [0.1, 0.15) is 0 Å². The molecule has 10 heteroatoms. The first-order valence-corrected chi connectivity index (χ1v) is 18.3. The maximum absolute atomic E-state index is 13.6. The molecule has 0 radical (unpaired) electrons. The molecule has 3 heterocycles. The topological polar surface area (TPSA) is 91.4 Å². The highest BCUT2D eigenvalue weighted by molar-refractivity contribution is 7.99. The van der Waals surface area contributed by atoms with E-state index in [1.807, 2.05) is 71.3 Å². The largest absolute Gasteiger partial charge is 0.361 e. The summed E-state index contributed by atoms with van der Waals surface area (Å²) < 4.78 is 1.99. The molecule has 8 aromatic rings. The molecule has 7 nitrogen and oxygen atoms in total. The zero-order chi connectivity index (χ0) is 34.7. The molecule has 0 spiro atoms. The number of amides is 1. The van der Waals surface area contributed by atoms with E-state index in [1.165, 1.54) is 33.7 Å². The van der Waals surface area contributed by atoms with Crippen LogP contribution in [0.4, 0.5) is 5.69 Å². The van der Waals surface area contributed by atoms with Crippen LogP contribution in [0.3, 0.4) is 0 Å². The van der Waals surface area contributed by atoms with Gasteiger partial charge in [0.05, 0.1) is 17.3 Å². The Labute approximate surface area is 309 Å². The number of carbonyl (C=O) groups is 1. The second kappa shape index (κ2) is 14.5. The van der Waals surface area contributed by atoms with Crippen molar-refractivity contribution in [2.75, 3.05) is 11.1 Å². The Morgan fingerprint density at radius 2 is 1.41 bits per heavy atom. The number of benzene rings is 5. The molecule has 0 atom stereocenters. The van der Waals surface area contributed by atoms with E-state index in [0.29, 0.717) is 34.0 Å². The Balaban J connectivity index is 1.06. The number of nitrogens with zero attached hydrogens (tertiary/aromatic N) is 3. The second-order valence-electron chi connectivity index (χ2n) is 12.3. The van der Waals surface area contributed by atoms with Crippen LogP contribution < -0.4 is 5.32 Å². The van der Waals surface area contributed by atoms with E-state index in [1.54, 1.807) is 12.1 Å². The molecule has 0 bridgehead atoms. The third-order valence-electron chi connectivity index (χ3n) is 9.11. The monoisotopic (exact) mass is 726 g/mol. The fourth-order valence-corrected chi connectivity index (χ4v) is 7.91. The van der Waals surface area contributed by atoms with Gasteiger partial charge < -0.3 is 15.3 Å². The molecule has 3 aromatic heterocycles. The second-order valence-corrected chi connectivity index (χ2v) is 14.1. The van der Waals surface area contributed by atoms with Gasteiger partial charge in [-0.25, -0.2) is 0 Å². The Bertz CT molecular complexity index is 2410. The molecule has 0 saturated carbocycles. The number of carbonyl (C=O) groups excluding carboxylic acids is 1. The van der Waals surface area contributed by atoms with Gasteiger partial charge in [-0.2, -0.15) is 0 Å². The lowest BCUT2D eigenvalue weighted by Gasteiger charge is -2.19. The van der Waals surface area contributed by atoms with Crippen molar-refractivity contribution in [1.29, 1.82) is 0 Å². The van der Waals surface area contributed by atoms with Crippen LogP contribution in [0.15, 0.2) is 139 Å². The van der Waals surface area contributed by atoms with Gasteiger partial charge in [0.15, 0.2) is 11.0 Å². The van der Waals surface area contributed by atoms with E-state index in [2.05, 4.69) is 80.3 Å². The van der Waals surface area contributed by atoms with Crippen molar-refractivity contribution in [2.24, 2.45) is 0 Å². The molecule has 5 aromatic carbocycles. The van der Waals surface area contributed by atoms with E-state index in [4.69, 9.17) is 23.2 Å². The molecular weight excluding hydrogens is 695 g/mol. The minimum absolute atomic E-state index is 0.0272. The first-order chi connectivity index (χ1) is 25.0. The van der Waals surface area contributed by atoms with Crippen molar-refractivity contribution >= 4 is 68.4 Å². The zero-order valence-corrected chi connectivity index (χ0v) is 29.6. The maximum Gasteiger partial charge on any atom is 0.234 e. The number of aromatic amines is 2. The van der Waals surface area contributed by atoms with Gasteiger partial charge in [0, 0.05) is 56.4 Å². The molecule has 0 saturated heterocycles. The van der Waals surface area contributed by atoms with Crippen molar-refractivity contribution in [2.45, 2.75) is 24.0 Å². The molecule has 0 fully saturated rings. The highest BCUT2D eigenvalue weighted by atomic mass is 35.5. The Kier molecular flexibility index (Phi) is 9.37. The van der Waals surface area contributed by atoms with Crippen molar-refractivity contribution < 1.29 is 4.79 Å². The number of H-pyrrole nitrogens is 2. The first kappa shape index (κ1) is 32.9. The summed E-state index contributed by atoms with van der Waals surface area (Å²) in [6.45, 7) is 0.512. The number of rotatable bonds is 11.